The van der Waals surface area contributed by atoms with Crippen LogP contribution in [0.3, 0.4) is 0 Å². The summed E-state index contributed by atoms with van der Waals surface area (Å²) < 4.78 is 5.22. The van der Waals surface area contributed by atoms with Gasteiger partial charge in [-0.3, -0.25) is 4.79 Å². The first-order valence-electron chi connectivity index (χ1n) is 5.33. The number of unbranched alkanes of at least 4 members (excludes halogenated alkanes) is 1. The molecule has 0 bridgehead atoms. The molecule has 2 N–H and O–H groups in total. The van der Waals surface area contributed by atoms with Crippen molar-refractivity contribution in [3.8, 4) is 0 Å². The molecule has 17 heavy (non-hydrogen) atoms. The fraction of sp³-hybridized carbons (Fsp3) is 0.455. The summed E-state index contributed by atoms with van der Waals surface area (Å²) in [7, 11) is 0. The molecule has 0 aliphatic rings. The molecule has 0 radical (unpaired) electrons. The Kier molecular flexibility index (Phi) is 5.21. The van der Waals surface area contributed by atoms with E-state index in [9.17, 15) is 9.59 Å². The number of hydrogen-bond donors (Lipinski definition) is 2. The molecule has 1 amide bonds. The van der Waals surface area contributed by atoms with Crippen LogP contribution in [0, 0.1) is 0 Å². The predicted octanol–water partition coefficient (Wildman–Crippen LogP) is 2.42. The van der Waals surface area contributed by atoms with Crippen molar-refractivity contribution in [2.75, 3.05) is 0 Å². The highest BCUT2D eigenvalue weighted by Gasteiger charge is 2.21. The number of hydrogen-bond acceptors (Lipinski definition) is 3. The molecule has 1 atom stereocenters. The maximum absolute atomic E-state index is 11.7. The minimum Gasteiger partial charge on any atom is -0.480 e. The normalized spacial score (nSPS) is 12.1. The molecule has 0 aromatic carbocycles. The molecule has 1 heterocycles. The molecule has 0 spiro atoms. The Morgan fingerprint density at radius 2 is 2.29 bits per heavy atom. The van der Waals surface area contributed by atoms with Gasteiger partial charge >= 0.3 is 5.97 Å². The molecule has 0 aliphatic heterocycles. The van der Waals surface area contributed by atoms with Gasteiger partial charge in [-0.15, -0.1) is 0 Å². The number of rotatable bonds is 6. The molecular weight excluding hydrogens is 290 g/mol. The van der Waals surface area contributed by atoms with Crippen LogP contribution < -0.4 is 5.32 Å². The predicted molar refractivity (Wildman–Crippen MR) is 64.8 cm³/mol. The fourth-order valence-electron chi connectivity index (χ4n) is 1.36. The Balaban J connectivity index is 2.64. The van der Waals surface area contributed by atoms with Gasteiger partial charge in [0.05, 0.1) is 11.8 Å². The van der Waals surface area contributed by atoms with E-state index in [1.54, 1.807) is 0 Å². The van der Waals surface area contributed by atoms with Gasteiger partial charge in [0.1, 0.15) is 6.04 Å². The van der Waals surface area contributed by atoms with Crippen LogP contribution in [-0.2, 0) is 4.79 Å². The van der Waals surface area contributed by atoms with Crippen molar-refractivity contribution < 1.29 is 19.1 Å². The summed E-state index contributed by atoms with van der Waals surface area (Å²) in [5, 5.41) is 11.4. The SMILES string of the molecule is CCCCC(NC(=O)c1ccoc1Br)C(=O)O. The van der Waals surface area contributed by atoms with E-state index < -0.39 is 17.9 Å². The summed E-state index contributed by atoms with van der Waals surface area (Å²) in [4.78, 5) is 22.7. The van der Waals surface area contributed by atoms with Crippen LogP contribution in [-0.4, -0.2) is 23.0 Å². The quantitative estimate of drug-likeness (QED) is 0.846. The molecule has 1 aromatic rings. The number of carbonyl (C=O) groups excluding carboxylic acids is 1. The van der Waals surface area contributed by atoms with Gasteiger partial charge in [-0.05, 0) is 28.4 Å². The van der Waals surface area contributed by atoms with Crippen molar-refractivity contribution in [2.45, 2.75) is 32.2 Å². The lowest BCUT2D eigenvalue weighted by Gasteiger charge is -2.13. The number of halogens is 1. The third kappa shape index (κ3) is 3.89. The Labute approximate surface area is 107 Å². The van der Waals surface area contributed by atoms with Gasteiger partial charge in [0.15, 0.2) is 4.67 Å². The molecule has 0 fully saturated rings. The lowest BCUT2D eigenvalue weighted by atomic mass is 10.1. The molecule has 1 aromatic heterocycles. The van der Waals surface area contributed by atoms with Gasteiger partial charge in [-0.1, -0.05) is 19.8 Å². The standard InChI is InChI=1S/C11H14BrNO4/c1-2-3-4-8(11(15)16)13-10(14)7-5-6-17-9(7)12/h5-6,8H,2-4H2,1H3,(H,13,14)(H,15,16). The Morgan fingerprint density at radius 3 is 2.76 bits per heavy atom. The average Bonchev–Trinajstić information content (AvgIpc) is 2.70. The molecule has 0 saturated heterocycles. The van der Waals surface area contributed by atoms with Crippen LogP contribution in [0.4, 0.5) is 0 Å². The van der Waals surface area contributed by atoms with Gasteiger partial charge in [0, 0.05) is 0 Å². The Morgan fingerprint density at radius 1 is 1.59 bits per heavy atom. The van der Waals surface area contributed by atoms with E-state index in [1.165, 1.54) is 12.3 Å². The molecule has 0 aliphatic carbocycles. The third-order valence-electron chi connectivity index (χ3n) is 2.31. The lowest BCUT2D eigenvalue weighted by Crippen LogP contribution is -2.40. The monoisotopic (exact) mass is 303 g/mol. The van der Waals surface area contributed by atoms with Crippen LogP contribution in [0.5, 0.6) is 0 Å². The molecule has 94 valence electrons. The smallest absolute Gasteiger partial charge is 0.326 e. The summed E-state index contributed by atoms with van der Waals surface area (Å²) in [6, 6.07) is 0.627. The molecule has 0 saturated carbocycles. The molecule has 6 heteroatoms. The van der Waals surface area contributed by atoms with Crippen molar-refractivity contribution in [1.82, 2.24) is 5.32 Å². The van der Waals surface area contributed by atoms with Crippen molar-refractivity contribution in [3.05, 3.63) is 22.6 Å². The van der Waals surface area contributed by atoms with Crippen molar-refractivity contribution in [1.29, 1.82) is 0 Å². The Bertz CT molecular complexity index is 402. The molecule has 5 nitrogen and oxygen atoms in total. The lowest BCUT2D eigenvalue weighted by molar-refractivity contribution is -0.139. The van der Waals surface area contributed by atoms with E-state index >= 15 is 0 Å². The molecule has 1 rings (SSSR count). The van der Waals surface area contributed by atoms with Gasteiger partial charge in [0.25, 0.3) is 5.91 Å². The van der Waals surface area contributed by atoms with Crippen molar-refractivity contribution in [3.63, 3.8) is 0 Å². The summed E-state index contributed by atoms with van der Waals surface area (Å²) in [5.41, 5.74) is 0.299. The zero-order valence-electron chi connectivity index (χ0n) is 9.40. The summed E-state index contributed by atoms with van der Waals surface area (Å²) in [6.45, 7) is 1.97. The van der Waals surface area contributed by atoms with Crippen LogP contribution in [0.25, 0.3) is 0 Å². The number of carbonyl (C=O) groups is 2. The second-order valence-electron chi connectivity index (χ2n) is 3.61. The maximum Gasteiger partial charge on any atom is 0.326 e. The first-order valence-corrected chi connectivity index (χ1v) is 6.12. The number of aliphatic carboxylic acids is 1. The van der Waals surface area contributed by atoms with E-state index in [2.05, 4.69) is 21.2 Å². The van der Waals surface area contributed by atoms with Gasteiger partial charge < -0.3 is 14.8 Å². The topological polar surface area (TPSA) is 79.5 Å². The maximum atomic E-state index is 11.7. The van der Waals surface area contributed by atoms with E-state index in [1.807, 2.05) is 6.92 Å². The van der Waals surface area contributed by atoms with Crippen molar-refractivity contribution in [2.24, 2.45) is 0 Å². The van der Waals surface area contributed by atoms with Crippen LogP contribution in [0.2, 0.25) is 0 Å². The highest BCUT2D eigenvalue weighted by atomic mass is 79.9. The second-order valence-corrected chi connectivity index (χ2v) is 4.33. The van der Waals surface area contributed by atoms with Crippen molar-refractivity contribution >= 4 is 27.8 Å². The van der Waals surface area contributed by atoms with E-state index in [0.29, 0.717) is 16.7 Å². The van der Waals surface area contributed by atoms with E-state index in [4.69, 9.17) is 9.52 Å². The summed E-state index contributed by atoms with van der Waals surface area (Å²) in [5.74, 6) is -1.47. The number of carboxylic acids is 1. The first-order chi connectivity index (χ1) is 8.06. The number of nitrogens with one attached hydrogen (secondary N) is 1. The number of amides is 1. The van der Waals surface area contributed by atoms with Gasteiger partial charge in [-0.25, -0.2) is 4.79 Å². The van der Waals surface area contributed by atoms with Gasteiger partial charge in [0.2, 0.25) is 0 Å². The van der Waals surface area contributed by atoms with Crippen LogP contribution in [0.1, 0.15) is 36.5 Å². The van der Waals surface area contributed by atoms with Gasteiger partial charge in [-0.2, -0.15) is 0 Å². The number of carboxylic acid groups (broad SMARTS) is 1. The van der Waals surface area contributed by atoms with E-state index in [0.717, 1.165) is 12.8 Å². The summed E-state index contributed by atoms with van der Waals surface area (Å²) in [6.07, 6.45) is 3.42. The zero-order chi connectivity index (χ0) is 12.8. The zero-order valence-corrected chi connectivity index (χ0v) is 11.0. The average molecular weight is 304 g/mol. The highest BCUT2D eigenvalue weighted by Crippen LogP contribution is 2.17. The minimum absolute atomic E-state index is 0.299. The number of furan rings is 1. The van der Waals surface area contributed by atoms with E-state index in [-0.39, 0.29) is 0 Å². The first kappa shape index (κ1) is 13.8. The Hall–Kier alpha value is -1.30. The summed E-state index contributed by atoms with van der Waals surface area (Å²) >= 11 is 3.07. The second kappa shape index (κ2) is 6.44. The molecule has 1 unspecified atom stereocenters. The third-order valence-corrected chi connectivity index (χ3v) is 2.93. The molecular formula is C11H14BrNO4. The minimum atomic E-state index is -1.02. The van der Waals surface area contributed by atoms with Crippen LogP contribution in [0.15, 0.2) is 21.4 Å². The fourth-order valence-corrected chi connectivity index (χ4v) is 1.78. The largest absolute Gasteiger partial charge is 0.480 e. The highest BCUT2D eigenvalue weighted by molar-refractivity contribution is 9.10. The van der Waals surface area contributed by atoms with Crippen LogP contribution >= 0.6 is 15.9 Å².